The number of hydrogen-bond donors (Lipinski definition) is 1. The molecule has 5 nitrogen and oxygen atoms in total. The summed E-state index contributed by atoms with van der Waals surface area (Å²) in [5.41, 5.74) is 2.52. The summed E-state index contributed by atoms with van der Waals surface area (Å²) in [5.74, 6) is 1.31. The predicted octanol–water partition coefficient (Wildman–Crippen LogP) is 2.49. The molecule has 104 valence electrons. The number of para-hydroxylation sites is 1. The van der Waals surface area contributed by atoms with E-state index in [-0.39, 0.29) is 0 Å². The van der Waals surface area contributed by atoms with Gasteiger partial charge in [-0.2, -0.15) is 4.98 Å². The number of nitrogens with one attached hydrogen (secondary N) is 1. The minimum absolute atomic E-state index is 0.601. The first-order chi connectivity index (χ1) is 9.78. The summed E-state index contributed by atoms with van der Waals surface area (Å²) in [4.78, 5) is 4.27. The molecule has 0 radical (unpaired) electrons. The van der Waals surface area contributed by atoms with Crippen molar-refractivity contribution in [3.8, 4) is 0 Å². The monoisotopic (exact) mass is 270 g/mol. The summed E-state index contributed by atoms with van der Waals surface area (Å²) in [6.45, 7) is 6.37. The van der Waals surface area contributed by atoms with Crippen molar-refractivity contribution in [2.24, 2.45) is 0 Å². The van der Waals surface area contributed by atoms with Crippen molar-refractivity contribution in [2.75, 3.05) is 6.54 Å². The molecular formula is C15H18N4O. The van der Waals surface area contributed by atoms with Gasteiger partial charge < -0.3 is 14.4 Å². The molecule has 0 bridgehead atoms. The number of aryl methyl sites for hydroxylation is 1. The third kappa shape index (κ3) is 2.44. The van der Waals surface area contributed by atoms with Gasteiger partial charge in [-0.3, -0.25) is 0 Å². The van der Waals surface area contributed by atoms with E-state index in [4.69, 9.17) is 4.52 Å². The molecule has 1 N–H and O–H groups in total. The zero-order chi connectivity index (χ0) is 13.9. The first-order valence-electron chi connectivity index (χ1n) is 6.84. The van der Waals surface area contributed by atoms with Gasteiger partial charge in [0.2, 0.25) is 5.89 Å². The van der Waals surface area contributed by atoms with E-state index >= 15 is 0 Å². The van der Waals surface area contributed by atoms with Gasteiger partial charge in [-0.1, -0.05) is 30.3 Å². The van der Waals surface area contributed by atoms with Gasteiger partial charge in [0, 0.05) is 19.7 Å². The van der Waals surface area contributed by atoms with Crippen LogP contribution in [0, 0.1) is 6.92 Å². The van der Waals surface area contributed by atoms with Gasteiger partial charge in [-0.25, -0.2) is 0 Å². The lowest BCUT2D eigenvalue weighted by atomic mass is 10.1. The Balaban J connectivity index is 1.98. The highest BCUT2D eigenvalue weighted by atomic mass is 16.5. The molecule has 0 spiro atoms. The summed E-state index contributed by atoms with van der Waals surface area (Å²) in [5, 5.41) is 8.58. The fourth-order valence-corrected chi connectivity index (χ4v) is 2.43. The van der Waals surface area contributed by atoms with E-state index in [1.165, 1.54) is 16.5 Å². The molecule has 0 saturated carbocycles. The third-order valence-corrected chi connectivity index (χ3v) is 3.32. The zero-order valence-electron chi connectivity index (χ0n) is 11.8. The SMILES string of the molecule is CCNCc1cccc2ccn(Cc3noc(C)n3)c12. The molecular weight excluding hydrogens is 252 g/mol. The predicted molar refractivity (Wildman–Crippen MR) is 77.5 cm³/mol. The minimum Gasteiger partial charge on any atom is -0.340 e. The number of nitrogens with zero attached hydrogens (tertiary/aromatic N) is 3. The van der Waals surface area contributed by atoms with Gasteiger partial charge >= 0.3 is 0 Å². The van der Waals surface area contributed by atoms with Crippen molar-refractivity contribution in [1.29, 1.82) is 0 Å². The fourth-order valence-electron chi connectivity index (χ4n) is 2.43. The molecule has 0 aliphatic rings. The first kappa shape index (κ1) is 12.9. The quantitative estimate of drug-likeness (QED) is 0.774. The molecule has 2 heterocycles. The van der Waals surface area contributed by atoms with Crippen molar-refractivity contribution >= 4 is 10.9 Å². The average Bonchev–Trinajstić information content (AvgIpc) is 3.04. The second-order valence-electron chi connectivity index (χ2n) is 4.81. The highest BCUT2D eigenvalue weighted by Gasteiger charge is 2.09. The number of rotatable bonds is 5. The number of benzene rings is 1. The molecule has 0 aliphatic heterocycles. The van der Waals surface area contributed by atoms with Crippen LogP contribution in [0.25, 0.3) is 10.9 Å². The van der Waals surface area contributed by atoms with Crippen LogP contribution in [0.3, 0.4) is 0 Å². The first-order valence-corrected chi connectivity index (χ1v) is 6.84. The third-order valence-electron chi connectivity index (χ3n) is 3.32. The summed E-state index contributed by atoms with van der Waals surface area (Å²) in [7, 11) is 0. The zero-order valence-corrected chi connectivity index (χ0v) is 11.8. The van der Waals surface area contributed by atoms with E-state index in [1.807, 2.05) is 0 Å². The standard InChI is InChI=1S/C15H18N4O/c1-3-16-9-13-6-4-5-12-7-8-19(15(12)13)10-14-17-11(2)20-18-14/h4-8,16H,3,9-10H2,1-2H3. The second kappa shape index (κ2) is 5.46. The van der Waals surface area contributed by atoms with Crippen LogP contribution in [0.4, 0.5) is 0 Å². The number of hydrogen-bond acceptors (Lipinski definition) is 4. The molecule has 0 unspecified atom stereocenters. The Kier molecular flexibility index (Phi) is 3.52. The summed E-state index contributed by atoms with van der Waals surface area (Å²) < 4.78 is 7.21. The molecule has 0 saturated heterocycles. The Hall–Kier alpha value is -2.14. The lowest BCUT2D eigenvalue weighted by Crippen LogP contribution is -2.13. The van der Waals surface area contributed by atoms with E-state index in [0.717, 1.165) is 13.1 Å². The van der Waals surface area contributed by atoms with Crippen LogP contribution < -0.4 is 5.32 Å². The van der Waals surface area contributed by atoms with Gasteiger partial charge in [0.25, 0.3) is 0 Å². The Morgan fingerprint density at radius 2 is 2.20 bits per heavy atom. The minimum atomic E-state index is 0.601. The average molecular weight is 270 g/mol. The van der Waals surface area contributed by atoms with Gasteiger partial charge in [-0.15, -0.1) is 0 Å². The van der Waals surface area contributed by atoms with Gasteiger partial charge in [0.05, 0.1) is 12.1 Å². The lowest BCUT2D eigenvalue weighted by molar-refractivity contribution is 0.386. The van der Waals surface area contributed by atoms with Crippen LogP contribution >= 0.6 is 0 Å². The van der Waals surface area contributed by atoms with Crippen LogP contribution in [0.15, 0.2) is 35.0 Å². The second-order valence-corrected chi connectivity index (χ2v) is 4.81. The van der Waals surface area contributed by atoms with Gasteiger partial charge in [0.15, 0.2) is 5.82 Å². The van der Waals surface area contributed by atoms with Gasteiger partial charge in [-0.05, 0) is 23.6 Å². The molecule has 0 amide bonds. The van der Waals surface area contributed by atoms with Gasteiger partial charge in [0.1, 0.15) is 0 Å². The van der Waals surface area contributed by atoms with Crippen molar-refractivity contribution in [3.63, 3.8) is 0 Å². The molecule has 3 aromatic rings. The van der Waals surface area contributed by atoms with Crippen molar-refractivity contribution < 1.29 is 4.52 Å². The Morgan fingerprint density at radius 3 is 2.95 bits per heavy atom. The van der Waals surface area contributed by atoms with Crippen molar-refractivity contribution in [3.05, 3.63) is 47.7 Å². The van der Waals surface area contributed by atoms with Crippen LogP contribution in [0.1, 0.15) is 24.2 Å². The smallest absolute Gasteiger partial charge is 0.223 e. The number of fused-ring (bicyclic) bond motifs is 1. The van der Waals surface area contributed by atoms with Crippen LogP contribution in [-0.2, 0) is 13.1 Å². The lowest BCUT2D eigenvalue weighted by Gasteiger charge is -2.08. The van der Waals surface area contributed by atoms with E-state index in [0.29, 0.717) is 18.3 Å². The van der Waals surface area contributed by atoms with E-state index < -0.39 is 0 Å². The number of aromatic nitrogens is 3. The van der Waals surface area contributed by atoms with Crippen LogP contribution in [0.2, 0.25) is 0 Å². The maximum Gasteiger partial charge on any atom is 0.223 e. The molecule has 0 aliphatic carbocycles. The summed E-state index contributed by atoms with van der Waals surface area (Å²) in [6, 6.07) is 8.50. The van der Waals surface area contributed by atoms with Crippen molar-refractivity contribution in [2.45, 2.75) is 26.9 Å². The van der Waals surface area contributed by atoms with E-state index in [9.17, 15) is 0 Å². The molecule has 5 heteroatoms. The Labute approximate surface area is 117 Å². The van der Waals surface area contributed by atoms with E-state index in [2.05, 4.69) is 57.4 Å². The molecule has 1 aromatic carbocycles. The van der Waals surface area contributed by atoms with Crippen LogP contribution in [-0.4, -0.2) is 21.3 Å². The topological polar surface area (TPSA) is 55.9 Å². The van der Waals surface area contributed by atoms with Crippen molar-refractivity contribution in [1.82, 2.24) is 20.0 Å². The molecule has 20 heavy (non-hydrogen) atoms. The highest BCUT2D eigenvalue weighted by molar-refractivity contribution is 5.83. The van der Waals surface area contributed by atoms with E-state index in [1.54, 1.807) is 6.92 Å². The fraction of sp³-hybridized carbons (Fsp3) is 0.333. The largest absolute Gasteiger partial charge is 0.340 e. The normalized spacial score (nSPS) is 11.3. The Morgan fingerprint density at radius 1 is 1.30 bits per heavy atom. The molecule has 0 fully saturated rings. The molecule has 3 rings (SSSR count). The molecule has 0 atom stereocenters. The Bertz CT molecular complexity index is 714. The highest BCUT2D eigenvalue weighted by Crippen LogP contribution is 2.21. The summed E-state index contributed by atoms with van der Waals surface area (Å²) >= 11 is 0. The maximum atomic E-state index is 5.03. The van der Waals surface area contributed by atoms with Crippen LogP contribution in [0.5, 0.6) is 0 Å². The molecule has 2 aromatic heterocycles. The summed E-state index contributed by atoms with van der Waals surface area (Å²) in [6.07, 6.45) is 2.08. The maximum absolute atomic E-state index is 5.03.